The van der Waals surface area contributed by atoms with Crippen molar-refractivity contribution < 1.29 is 28.9 Å². The van der Waals surface area contributed by atoms with Crippen LogP contribution < -0.4 is 10.6 Å². The first-order valence-corrected chi connectivity index (χ1v) is 12.1. The maximum atomic E-state index is 12.7. The molecule has 0 aromatic rings. The second-order valence-corrected chi connectivity index (χ2v) is 8.88. The summed E-state index contributed by atoms with van der Waals surface area (Å²) >= 11 is 0. The highest BCUT2D eigenvalue weighted by Crippen LogP contribution is 2.27. The van der Waals surface area contributed by atoms with Gasteiger partial charge in [-0.25, -0.2) is 4.79 Å². The zero-order chi connectivity index (χ0) is 22.8. The Morgan fingerprint density at radius 3 is 2.66 bits per heavy atom. The summed E-state index contributed by atoms with van der Waals surface area (Å²) in [5.41, 5.74) is 0. The Kier molecular flexibility index (Phi) is 10.5. The van der Waals surface area contributed by atoms with E-state index in [0.717, 1.165) is 52.1 Å². The van der Waals surface area contributed by atoms with Gasteiger partial charge in [0.25, 0.3) is 0 Å². The number of hydrogen-bond donors (Lipinski definition) is 3. The number of fused-ring (bicyclic) bond motifs is 1. The van der Waals surface area contributed by atoms with Crippen LogP contribution in [0.25, 0.3) is 0 Å². The molecule has 0 aromatic carbocycles. The fourth-order valence-electron chi connectivity index (χ4n) is 4.54. The molecule has 3 amide bonds. The third-order valence-corrected chi connectivity index (χ3v) is 6.26. The molecule has 3 saturated heterocycles. The molecule has 3 aliphatic heterocycles. The van der Waals surface area contributed by atoms with Crippen LogP contribution in [-0.2, 0) is 19.0 Å². The topological polar surface area (TPSA) is 113 Å². The van der Waals surface area contributed by atoms with Gasteiger partial charge in [-0.1, -0.05) is 6.92 Å². The predicted octanol–water partition coefficient (Wildman–Crippen LogP) is -0.0561. The molecular formula is C22H40N4O6. The zero-order valence-electron chi connectivity index (χ0n) is 19.3. The molecule has 0 unspecified atom stereocenters. The first-order valence-electron chi connectivity index (χ1n) is 12.1. The summed E-state index contributed by atoms with van der Waals surface area (Å²) in [6.07, 6.45) is 2.27. The monoisotopic (exact) mass is 456 g/mol. The van der Waals surface area contributed by atoms with Crippen molar-refractivity contribution in [2.75, 3.05) is 65.7 Å². The van der Waals surface area contributed by atoms with E-state index in [9.17, 15) is 14.7 Å². The molecule has 3 fully saturated rings. The lowest BCUT2D eigenvalue weighted by molar-refractivity contribution is -0.150. The first-order chi connectivity index (χ1) is 15.6. The number of aliphatic hydroxyl groups is 1. The van der Waals surface area contributed by atoms with E-state index in [1.165, 1.54) is 0 Å². The molecule has 0 aromatic heterocycles. The average molecular weight is 457 g/mol. The van der Waals surface area contributed by atoms with Gasteiger partial charge in [0.1, 0.15) is 6.10 Å². The van der Waals surface area contributed by atoms with Gasteiger partial charge >= 0.3 is 6.03 Å². The summed E-state index contributed by atoms with van der Waals surface area (Å²) in [5, 5.41) is 16.1. The average Bonchev–Trinajstić information content (AvgIpc) is 2.78. The maximum Gasteiger partial charge on any atom is 0.317 e. The number of ether oxygens (including phenoxy) is 3. The van der Waals surface area contributed by atoms with Crippen LogP contribution in [0.2, 0.25) is 0 Å². The number of amides is 3. The van der Waals surface area contributed by atoms with Gasteiger partial charge in [-0.05, 0) is 32.2 Å². The van der Waals surface area contributed by atoms with E-state index < -0.39 is 6.10 Å². The summed E-state index contributed by atoms with van der Waals surface area (Å²) in [6.45, 7) is 8.38. The van der Waals surface area contributed by atoms with Gasteiger partial charge in [0.05, 0.1) is 57.6 Å². The summed E-state index contributed by atoms with van der Waals surface area (Å²) in [5.74, 6) is -0.00448. The molecular weight excluding hydrogens is 416 g/mol. The highest BCUT2D eigenvalue weighted by molar-refractivity contribution is 5.76. The Morgan fingerprint density at radius 1 is 1.06 bits per heavy atom. The molecule has 32 heavy (non-hydrogen) atoms. The number of carbonyl (C=O) groups excluding carboxylic acids is 2. The fourth-order valence-corrected chi connectivity index (χ4v) is 4.54. The first kappa shape index (κ1) is 25.2. The molecule has 0 saturated carbocycles. The molecule has 184 valence electrons. The van der Waals surface area contributed by atoms with Crippen molar-refractivity contribution in [2.45, 2.75) is 63.4 Å². The zero-order valence-corrected chi connectivity index (χ0v) is 19.3. The van der Waals surface area contributed by atoms with Crippen molar-refractivity contribution >= 4 is 11.9 Å². The predicted molar refractivity (Wildman–Crippen MR) is 118 cm³/mol. The number of urea groups is 1. The number of nitrogens with one attached hydrogen (secondary N) is 2. The van der Waals surface area contributed by atoms with Gasteiger partial charge in [-0.15, -0.1) is 0 Å². The number of hydrogen-bond acceptors (Lipinski definition) is 7. The standard InChI is InChI=1S/C22H40N4O6/c1-2-6-24-22(29)26-14-17(27)15-31-16-20-19(26)5-4-18(32-20)13-21(28)23-7-3-8-25-9-11-30-12-10-25/h17-20,27H,2-16H2,1H3,(H,23,28)(H,24,29)/t17-,18-,19+,20-/m0/s1. The molecule has 3 aliphatic rings. The smallest absolute Gasteiger partial charge is 0.317 e. The number of rotatable bonds is 8. The van der Waals surface area contributed by atoms with Crippen LogP contribution in [0.1, 0.15) is 39.0 Å². The number of aliphatic hydroxyl groups excluding tert-OH is 1. The molecule has 0 bridgehead atoms. The molecule has 10 heteroatoms. The van der Waals surface area contributed by atoms with Crippen LogP contribution in [0.3, 0.4) is 0 Å². The summed E-state index contributed by atoms with van der Waals surface area (Å²) < 4.78 is 17.2. The van der Waals surface area contributed by atoms with Crippen molar-refractivity contribution in [3.8, 4) is 0 Å². The highest BCUT2D eigenvalue weighted by atomic mass is 16.5. The van der Waals surface area contributed by atoms with Crippen molar-refractivity contribution in [3.05, 3.63) is 0 Å². The number of morpholine rings is 1. The Balaban J connectivity index is 1.43. The minimum absolute atomic E-state index is 0.00448. The van der Waals surface area contributed by atoms with Crippen molar-refractivity contribution in [1.29, 1.82) is 0 Å². The second kappa shape index (κ2) is 13.3. The van der Waals surface area contributed by atoms with Gasteiger partial charge < -0.3 is 34.9 Å². The van der Waals surface area contributed by atoms with Crippen molar-refractivity contribution in [2.24, 2.45) is 0 Å². The van der Waals surface area contributed by atoms with Crippen molar-refractivity contribution in [1.82, 2.24) is 20.4 Å². The van der Waals surface area contributed by atoms with Crippen LogP contribution in [0.4, 0.5) is 4.79 Å². The molecule has 0 radical (unpaired) electrons. The maximum absolute atomic E-state index is 12.7. The summed E-state index contributed by atoms with van der Waals surface area (Å²) in [4.78, 5) is 29.1. The SMILES string of the molecule is CCCNC(=O)N1C[C@H](O)COC[C@@H]2O[C@H](CC(=O)NCCCN3CCOCC3)CC[C@H]21. The molecule has 10 nitrogen and oxygen atoms in total. The van der Waals surface area contributed by atoms with E-state index in [-0.39, 0.29) is 43.3 Å². The van der Waals surface area contributed by atoms with Crippen LogP contribution >= 0.6 is 0 Å². The lowest BCUT2D eigenvalue weighted by Gasteiger charge is -2.44. The third-order valence-electron chi connectivity index (χ3n) is 6.26. The molecule has 3 heterocycles. The molecule has 0 aliphatic carbocycles. The number of nitrogens with zero attached hydrogens (tertiary/aromatic N) is 2. The van der Waals surface area contributed by atoms with Crippen LogP contribution in [0.5, 0.6) is 0 Å². The number of carbonyl (C=O) groups is 2. The number of β-amino-alcohol motifs (C(OH)–C–C–N with tert-alkyl or cyclic N) is 1. The lowest BCUT2D eigenvalue weighted by atomic mass is 9.95. The van der Waals surface area contributed by atoms with Gasteiger partial charge in [0.2, 0.25) is 5.91 Å². The van der Waals surface area contributed by atoms with E-state index in [1.54, 1.807) is 4.90 Å². The molecule has 0 spiro atoms. The van der Waals surface area contributed by atoms with Gasteiger partial charge in [0, 0.05) is 26.2 Å². The summed E-state index contributed by atoms with van der Waals surface area (Å²) in [7, 11) is 0. The Labute approximate surface area is 190 Å². The second-order valence-electron chi connectivity index (χ2n) is 8.88. The highest BCUT2D eigenvalue weighted by Gasteiger charge is 2.39. The normalized spacial score (nSPS) is 29.5. The van der Waals surface area contributed by atoms with Crippen molar-refractivity contribution in [3.63, 3.8) is 0 Å². The Morgan fingerprint density at radius 2 is 1.88 bits per heavy atom. The van der Waals surface area contributed by atoms with E-state index in [1.807, 2.05) is 6.92 Å². The van der Waals surface area contributed by atoms with E-state index in [4.69, 9.17) is 14.2 Å². The Hall–Kier alpha value is -1.46. The van der Waals surface area contributed by atoms with Crippen LogP contribution in [0, 0.1) is 0 Å². The molecule has 4 atom stereocenters. The van der Waals surface area contributed by atoms with E-state index in [0.29, 0.717) is 32.5 Å². The van der Waals surface area contributed by atoms with Crippen LogP contribution in [-0.4, -0.2) is 117 Å². The minimum Gasteiger partial charge on any atom is -0.389 e. The van der Waals surface area contributed by atoms with E-state index >= 15 is 0 Å². The molecule has 3 rings (SSSR count). The lowest BCUT2D eigenvalue weighted by Crippen LogP contribution is -2.59. The van der Waals surface area contributed by atoms with Crippen LogP contribution in [0.15, 0.2) is 0 Å². The summed E-state index contributed by atoms with van der Waals surface area (Å²) in [6, 6.07) is -0.350. The quantitative estimate of drug-likeness (QED) is 0.439. The minimum atomic E-state index is -0.718. The van der Waals surface area contributed by atoms with Gasteiger partial charge in [-0.2, -0.15) is 0 Å². The largest absolute Gasteiger partial charge is 0.389 e. The van der Waals surface area contributed by atoms with E-state index in [2.05, 4.69) is 15.5 Å². The third kappa shape index (κ3) is 7.84. The fraction of sp³-hybridized carbons (Fsp3) is 0.909. The Bertz CT molecular complexity index is 589. The molecule has 3 N–H and O–H groups in total. The van der Waals surface area contributed by atoms with Gasteiger partial charge in [0.15, 0.2) is 0 Å². The van der Waals surface area contributed by atoms with Gasteiger partial charge in [-0.3, -0.25) is 9.69 Å².